The molecule has 0 radical (unpaired) electrons. The molecule has 9 N–H and O–H groups in total. The predicted octanol–water partition coefficient (Wildman–Crippen LogP) is 0.816. The average Bonchev–Trinajstić information content (AvgIpc) is 3.10. The van der Waals surface area contributed by atoms with E-state index in [2.05, 4.69) is 12.1 Å². The lowest BCUT2D eigenvalue weighted by Crippen LogP contribution is -2.40. The van der Waals surface area contributed by atoms with Crippen molar-refractivity contribution < 1.29 is 15.3 Å². The zero-order valence-electron chi connectivity index (χ0n) is 15.9. The summed E-state index contributed by atoms with van der Waals surface area (Å²) in [5, 5.41) is 25.4. The first-order valence-corrected chi connectivity index (χ1v) is 10.3. The third kappa shape index (κ3) is 13.5. The van der Waals surface area contributed by atoms with E-state index in [1.165, 1.54) is 18.4 Å². The number of benzene rings is 1. The van der Waals surface area contributed by atoms with Gasteiger partial charge in [0.05, 0.1) is 19.8 Å². The van der Waals surface area contributed by atoms with Crippen LogP contribution in [0.2, 0.25) is 0 Å². The molecule has 0 aromatic heterocycles. The Kier molecular flexibility index (Phi) is 15.0. The minimum Gasteiger partial charge on any atom is -0.395 e. The molecule has 1 aromatic carbocycles. The van der Waals surface area contributed by atoms with E-state index >= 15 is 0 Å². The molecule has 1 aliphatic carbocycles. The number of hydrogen-bond donors (Lipinski definition) is 6. The maximum atomic E-state index is 8.70. The molecule has 0 amide bonds. The SMILES string of the molecule is C[C@H](N)CO.NC1(CO)CCCC1.N[C@H](CO)CSCc1ccccc1. The first-order valence-electron chi connectivity index (χ1n) is 9.11. The molecule has 7 heteroatoms. The lowest BCUT2D eigenvalue weighted by atomic mass is 10.0. The molecule has 0 unspecified atom stereocenters. The smallest absolute Gasteiger partial charge is 0.0611 e. The number of rotatable bonds is 7. The molecular weight excluding hydrogens is 350 g/mol. The van der Waals surface area contributed by atoms with Crippen LogP contribution in [0.4, 0.5) is 0 Å². The zero-order valence-corrected chi connectivity index (χ0v) is 16.7. The summed E-state index contributed by atoms with van der Waals surface area (Å²) in [5.74, 6) is 1.78. The Labute approximate surface area is 162 Å². The monoisotopic (exact) mass is 387 g/mol. The summed E-state index contributed by atoms with van der Waals surface area (Å²) in [7, 11) is 0. The van der Waals surface area contributed by atoms with Crippen LogP contribution in [0, 0.1) is 0 Å². The van der Waals surface area contributed by atoms with Crippen LogP contribution in [0.5, 0.6) is 0 Å². The van der Waals surface area contributed by atoms with Crippen molar-refractivity contribution in [2.75, 3.05) is 25.6 Å². The maximum absolute atomic E-state index is 8.70. The summed E-state index contributed by atoms with van der Waals surface area (Å²) >= 11 is 1.75. The van der Waals surface area contributed by atoms with Crippen LogP contribution in [0.25, 0.3) is 0 Å². The van der Waals surface area contributed by atoms with Crippen molar-refractivity contribution in [3.05, 3.63) is 35.9 Å². The lowest BCUT2D eigenvalue weighted by Gasteiger charge is -2.18. The first kappa shape index (κ1) is 25.3. The van der Waals surface area contributed by atoms with Crippen molar-refractivity contribution in [3.63, 3.8) is 0 Å². The van der Waals surface area contributed by atoms with E-state index in [0.29, 0.717) is 0 Å². The van der Waals surface area contributed by atoms with Gasteiger partial charge in [0.25, 0.3) is 0 Å². The van der Waals surface area contributed by atoms with Gasteiger partial charge in [0.15, 0.2) is 0 Å². The second-order valence-corrected chi connectivity index (χ2v) is 7.86. The fourth-order valence-electron chi connectivity index (χ4n) is 2.19. The fourth-order valence-corrected chi connectivity index (χ4v) is 3.15. The molecule has 0 aliphatic heterocycles. The first-order chi connectivity index (χ1) is 12.4. The van der Waals surface area contributed by atoms with Gasteiger partial charge in [0, 0.05) is 29.1 Å². The topological polar surface area (TPSA) is 139 Å². The molecule has 0 bridgehead atoms. The van der Waals surface area contributed by atoms with Crippen LogP contribution in [0.1, 0.15) is 38.2 Å². The van der Waals surface area contributed by atoms with Gasteiger partial charge in [-0.15, -0.1) is 0 Å². The van der Waals surface area contributed by atoms with Gasteiger partial charge in [-0.2, -0.15) is 11.8 Å². The molecule has 2 atom stereocenters. The average molecular weight is 388 g/mol. The molecule has 0 saturated heterocycles. The van der Waals surface area contributed by atoms with Gasteiger partial charge in [-0.1, -0.05) is 43.2 Å². The van der Waals surface area contributed by atoms with E-state index < -0.39 is 0 Å². The Balaban J connectivity index is 0.000000409. The van der Waals surface area contributed by atoms with Crippen LogP contribution in [-0.4, -0.2) is 58.5 Å². The second-order valence-electron chi connectivity index (χ2n) is 6.83. The molecule has 1 aromatic rings. The summed E-state index contributed by atoms with van der Waals surface area (Å²) in [6.45, 7) is 2.06. The van der Waals surface area contributed by atoms with Gasteiger partial charge in [0.2, 0.25) is 0 Å². The Hall–Kier alpha value is -0.670. The molecule has 0 heterocycles. The van der Waals surface area contributed by atoms with Crippen molar-refractivity contribution in [1.82, 2.24) is 0 Å². The van der Waals surface area contributed by atoms with E-state index in [4.69, 9.17) is 32.5 Å². The summed E-state index contributed by atoms with van der Waals surface area (Å²) in [6, 6.07) is 10.1. The Morgan fingerprint density at radius 3 is 1.96 bits per heavy atom. The highest BCUT2D eigenvalue weighted by atomic mass is 32.2. The molecule has 26 heavy (non-hydrogen) atoms. The van der Waals surface area contributed by atoms with Crippen LogP contribution in [0.15, 0.2) is 30.3 Å². The minimum absolute atomic E-state index is 0.0602. The van der Waals surface area contributed by atoms with Gasteiger partial charge in [-0.3, -0.25) is 0 Å². The van der Waals surface area contributed by atoms with Crippen molar-refractivity contribution in [1.29, 1.82) is 0 Å². The van der Waals surface area contributed by atoms with Crippen molar-refractivity contribution >= 4 is 11.8 Å². The van der Waals surface area contributed by atoms with Crippen molar-refractivity contribution in [2.45, 2.75) is 56.0 Å². The second kappa shape index (κ2) is 15.4. The molecular formula is C19H37N3O3S. The molecule has 6 nitrogen and oxygen atoms in total. The van der Waals surface area contributed by atoms with Crippen LogP contribution in [0.3, 0.4) is 0 Å². The third-order valence-corrected chi connectivity index (χ3v) is 5.08. The molecule has 0 spiro atoms. The number of hydrogen-bond acceptors (Lipinski definition) is 7. The summed E-state index contributed by atoms with van der Waals surface area (Å²) < 4.78 is 0. The number of thioether (sulfide) groups is 1. The predicted molar refractivity (Wildman–Crippen MR) is 111 cm³/mol. The molecule has 1 aliphatic rings. The van der Waals surface area contributed by atoms with Crippen molar-refractivity contribution in [3.8, 4) is 0 Å². The summed E-state index contributed by atoms with van der Waals surface area (Å²) in [4.78, 5) is 0. The highest BCUT2D eigenvalue weighted by Crippen LogP contribution is 2.25. The Morgan fingerprint density at radius 1 is 1.04 bits per heavy atom. The minimum atomic E-state index is -0.208. The molecule has 1 fully saturated rings. The highest BCUT2D eigenvalue weighted by Gasteiger charge is 2.27. The normalized spacial score (nSPS) is 17.3. The van der Waals surface area contributed by atoms with Gasteiger partial charge < -0.3 is 32.5 Å². The standard InChI is InChI=1S/C10H15NOS.C6H13NO.C3H9NO/c11-10(6-12)8-13-7-9-4-2-1-3-5-9;7-6(5-8)3-1-2-4-6;1-3(4)2-5/h1-5,10,12H,6-8,11H2;8H,1-5,7H2;3,5H,2,4H2,1H3/t10-;;3-/m1.0/s1. The third-order valence-electron chi connectivity index (χ3n) is 3.88. The lowest BCUT2D eigenvalue weighted by molar-refractivity contribution is 0.199. The van der Waals surface area contributed by atoms with Gasteiger partial charge in [-0.25, -0.2) is 0 Å². The van der Waals surface area contributed by atoms with E-state index in [9.17, 15) is 0 Å². The number of aliphatic hydroxyl groups excluding tert-OH is 3. The maximum Gasteiger partial charge on any atom is 0.0611 e. The Morgan fingerprint density at radius 2 is 1.58 bits per heavy atom. The van der Waals surface area contributed by atoms with Crippen molar-refractivity contribution in [2.24, 2.45) is 17.2 Å². The van der Waals surface area contributed by atoms with E-state index in [1.807, 2.05) is 18.2 Å². The quantitative estimate of drug-likeness (QED) is 0.407. The zero-order chi connectivity index (χ0) is 19.8. The van der Waals surface area contributed by atoms with Crippen LogP contribution < -0.4 is 17.2 Å². The fraction of sp³-hybridized carbons (Fsp3) is 0.684. The summed E-state index contributed by atoms with van der Waals surface area (Å²) in [5.41, 5.74) is 17.4. The summed E-state index contributed by atoms with van der Waals surface area (Å²) in [6.07, 6.45) is 4.39. The van der Waals surface area contributed by atoms with Gasteiger partial charge in [0.1, 0.15) is 0 Å². The number of nitrogens with two attached hydrogens (primary N) is 3. The Bertz CT molecular complexity index is 429. The van der Waals surface area contributed by atoms with Crippen LogP contribution >= 0.6 is 11.8 Å². The number of aliphatic hydroxyl groups is 3. The van der Waals surface area contributed by atoms with Gasteiger partial charge >= 0.3 is 0 Å². The van der Waals surface area contributed by atoms with Gasteiger partial charge in [-0.05, 0) is 25.3 Å². The van der Waals surface area contributed by atoms with E-state index in [1.54, 1.807) is 18.7 Å². The van der Waals surface area contributed by atoms with E-state index in [0.717, 1.165) is 24.3 Å². The molecule has 152 valence electrons. The van der Waals surface area contributed by atoms with E-state index in [-0.39, 0.29) is 37.4 Å². The highest BCUT2D eigenvalue weighted by molar-refractivity contribution is 7.98. The van der Waals surface area contributed by atoms with Crippen LogP contribution in [-0.2, 0) is 5.75 Å². The molecule has 2 rings (SSSR count). The largest absolute Gasteiger partial charge is 0.395 e. The molecule has 1 saturated carbocycles.